The van der Waals surface area contributed by atoms with E-state index in [1.807, 2.05) is 0 Å². The first-order valence-corrected chi connectivity index (χ1v) is 6.90. The summed E-state index contributed by atoms with van der Waals surface area (Å²) in [4.78, 5) is 2.45. The van der Waals surface area contributed by atoms with Crippen LogP contribution in [0.5, 0.6) is 0 Å². The molecule has 1 fully saturated rings. The summed E-state index contributed by atoms with van der Waals surface area (Å²) in [6.07, 6.45) is 0.834. The average Bonchev–Trinajstić information content (AvgIpc) is 2.39. The van der Waals surface area contributed by atoms with Gasteiger partial charge in [-0.2, -0.15) is 0 Å². The number of para-hydroxylation sites is 1. The molecule has 1 aromatic carbocycles. The first-order chi connectivity index (χ1) is 8.72. The number of anilines is 1. The van der Waals surface area contributed by atoms with E-state index in [1.165, 1.54) is 11.3 Å². The molecular formula is C15H24N2O. The normalized spacial score (nSPS) is 20.4. The van der Waals surface area contributed by atoms with E-state index in [2.05, 4.69) is 48.3 Å². The molecule has 3 heteroatoms. The zero-order valence-corrected chi connectivity index (χ0v) is 11.4. The molecule has 0 aromatic heterocycles. The number of aliphatic hydroxyl groups is 1. The Kier molecular flexibility index (Phi) is 4.61. The Hall–Kier alpha value is -1.06. The molecule has 0 aliphatic carbocycles. The lowest BCUT2D eigenvalue weighted by Crippen LogP contribution is -2.51. The maximum Gasteiger partial charge on any atom is 0.0446 e. The van der Waals surface area contributed by atoms with E-state index < -0.39 is 0 Å². The number of nitrogens with one attached hydrogen (secondary N) is 1. The van der Waals surface area contributed by atoms with E-state index in [0.29, 0.717) is 12.0 Å². The van der Waals surface area contributed by atoms with Crippen molar-refractivity contribution in [2.75, 3.05) is 31.1 Å². The Morgan fingerprint density at radius 1 is 1.39 bits per heavy atom. The molecule has 2 rings (SSSR count). The summed E-state index contributed by atoms with van der Waals surface area (Å²) in [5, 5.41) is 12.5. The molecule has 0 bridgehead atoms. The second kappa shape index (κ2) is 6.21. The van der Waals surface area contributed by atoms with E-state index in [-0.39, 0.29) is 6.61 Å². The van der Waals surface area contributed by atoms with Gasteiger partial charge >= 0.3 is 0 Å². The number of rotatable bonds is 4. The second-order valence-electron chi connectivity index (χ2n) is 5.32. The van der Waals surface area contributed by atoms with Gasteiger partial charge in [-0.05, 0) is 24.0 Å². The van der Waals surface area contributed by atoms with Gasteiger partial charge in [-0.25, -0.2) is 0 Å². The van der Waals surface area contributed by atoms with Crippen molar-refractivity contribution in [3.63, 3.8) is 0 Å². The van der Waals surface area contributed by atoms with Crippen molar-refractivity contribution < 1.29 is 5.11 Å². The fraction of sp³-hybridized carbons (Fsp3) is 0.600. The fourth-order valence-corrected chi connectivity index (χ4v) is 2.66. The van der Waals surface area contributed by atoms with Crippen LogP contribution in [0.25, 0.3) is 0 Å². The van der Waals surface area contributed by atoms with Crippen LogP contribution in [0.15, 0.2) is 24.3 Å². The molecule has 0 saturated carbocycles. The van der Waals surface area contributed by atoms with Crippen LogP contribution in [0.3, 0.4) is 0 Å². The maximum absolute atomic E-state index is 9.06. The van der Waals surface area contributed by atoms with Crippen molar-refractivity contribution in [2.24, 2.45) is 0 Å². The molecule has 1 aliphatic heterocycles. The van der Waals surface area contributed by atoms with E-state index in [1.54, 1.807) is 0 Å². The summed E-state index contributed by atoms with van der Waals surface area (Å²) in [6.45, 7) is 7.78. The summed E-state index contributed by atoms with van der Waals surface area (Å²) >= 11 is 0. The van der Waals surface area contributed by atoms with Gasteiger partial charge in [-0.3, -0.25) is 0 Å². The van der Waals surface area contributed by atoms with Crippen LogP contribution in [0.2, 0.25) is 0 Å². The smallest absolute Gasteiger partial charge is 0.0446 e. The van der Waals surface area contributed by atoms with Crippen molar-refractivity contribution in [3.8, 4) is 0 Å². The molecule has 0 amide bonds. The van der Waals surface area contributed by atoms with Crippen LogP contribution in [-0.4, -0.2) is 37.4 Å². The van der Waals surface area contributed by atoms with Crippen LogP contribution >= 0.6 is 0 Å². The number of piperazine rings is 1. The summed E-state index contributed by atoms with van der Waals surface area (Å²) in [7, 11) is 0. The fourth-order valence-electron chi connectivity index (χ4n) is 2.66. The molecule has 0 radical (unpaired) electrons. The lowest BCUT2D eigenvalue weighted by molar-refractivity contribution is 0.260. The number of hydrogen-bond acceptors (Lipinski definition) is 3. The SMILES string of the molecule is CC(C)c1ccccc1N1CCNC(CCO)C1. The standard InChI is InChI=1S/C15H24N2O/c1-12(2)14-5-3-4-6-15(14)17-9-8-16-13(11-17)7-10-18/h3-6,12-13,16,18H,7-11H2,1-2H3. The molecule has 1 aliphatic rings. The van der Waals surface area contributed by atoms with Crippen molar-refractivity contribution in [1.82, 2.24) is 5.32 Å². The topological polar surface area (TPSA) is 35.5 Å². The molecule has 100 valence electrons. The monoisotopic (exact) mass is 248 g/mol. The average molecular weight is 248 g/mol. The first-order valence-electron chi connectivity index (χ1n) is 6.90. The van der Waals surface area contributed by atoms with E-state index in [4.69, 9.17) is 5.11 Å². The maximum atomic E-state index is 9.06. The Morgan fingerprint density at radius 2 is 2.17 bits per heavy atom. The van der Waals surface area contributed by atoms with Crippen LogP contribution in [0.1, 0.15) is 31.7 Å². The van der Waals surface area contributed by atoms with Crippen molar-refractivity contribution in [3.05, 3.63) is 29.8 Å². The van der Waals surface area contributed by atoms with E-state index in [9.17, 15) is 0 Å². The highest BCUT2D eigenvalue weighted by Gasteiger charge is 2.21. The zero-order chi connectivity index (χ0) is 13.0. The molecule has 3 nitrogen and oxygen atoms in total. The molecule has 2 N–H and O–H groups in total. The number of aliphatic hydroxyl groups excluding tert-OH is 1. The predicted octanol–water partition coefficient (Wildman–Crippen LogP) is 1.97. The third kappa shape index (κ3) is 3.03. The quantitative estimate of drug-likeness (QED) is 0.855. The number of hydrogen-bond donors (Lipinski definition) is 2. The van der Waals surface area contributed by atoms with Crippen molar-refractivity contribution in [1.29, 1.82) is 0 Å². The van der Waals surface area contributed by atoms with Crippen LogP contribution < -0.4 is 10.2 Å². The van der Waals surface area contributed by atoms with Crippen LogP contribution in [0, 0.1) is 0 Å². The third-order valence-electron chi connectivity index (χ3n) is 3.63. The van der Waals surface area contributed by atoms with Gasteiger partial charge in [0.05, 0.1) is 0 Å². The molecule has 18 heavy (non-hydrogen) atoms. The van der Waals surface area contributed by atoms with Crippen molar-refractivity contribution >= 4 is 5.69 Å². The van der Waals surface area contributed by atoms with Gasteiger partial charge in [0.1, 0.15) is 0 Å². The van der Waals surface area contributed by atoms with E-state index in [0.717, 1.165) is 26.1 Å². The third-order valence-corrected chi connectivity index (χ3v) is 3.63. The molecule has 1 atom stereocenters. The second-order valence-corrected chi connectivity index (χ2v) is 5.32. The number of benzene rings is 1. The van der Waals surface area contributed by atoms with Gasteiger partial charge in [0, 0.05) is 38.0 Å². The molecule has 1 aromatic rings. The molecular weight excluding hydrogens is 224 g/mol. The Bertz CT molecular complexity index is 377. The van der Waals surface area contributed by atoms with Gasteiger partial charge in [-0.15, -0.1) is 0 Å². The minimum absolute atomic E-state index is 0.261. The highest BCUT2D eigenvalue weighted by Crippen LogP contribution is 2.28. The van der Waals surface area contributed by atoms with Gasteiger partial charge in [0.15, 0.2) is 0 Å². The molecule has 0 spiro atoms. The van der Waals surface area contributed by atoms with Gasteiger partial charge in [0.2, 0.25) is 0 Å². The first kappa shape index (κ1) is 13.4. The van der Waals surface area contributed by atoms with E-state index >= 15 is 0 Å². The van der Waals surface area contributed by atoms with Crippen LogP contribution in [-0.2, 0) is 0 Å². The highest BCUT2D eigenvalue weighted by molar-refractivity contribution is 5.55. The Balaban J connectivity index is 2.15. The zero-order valence-electron chi connectivity index (χ0n) is 11.4. The largest absolute Gasteiger partial charge is 0.396 e. The predicted molar refractivity (Wildman–Crippen MR) is 76.2 cm³/mol. The molecule has 1 unspecified atom stereocenters. The molecule has 1 saturated heterocycles. The summed E-state index contributed by atoms with van der Waals surface area (Å²) in [5.74, 6) is 0.548. The van der Waals surface area contributed by atoms with Gasteiger partial charge in [-0.1, -0.05) is 32.0 Å². The van der Waals surface area contributed by atoms with Crippen molar-refractivity contribution in [2.45, 2.75) is 32.2 Å². The van der Waals surface area contributed by atoms with Gasteiger partial charge in [0.25, 0.3) is 0 Å². The molecule has 1 heterocycles. The minimum Gasteiger partial charge on any atom is -0.396 e. The Morgan fingerprint density at radius 3 is 2.89 bits per heavy atom. The highest BCUT2D eigenvalue weighted by atomic mass is 16.3. The minimum atomic E-state index is 0.261. The summed E-state index contributed by atoms with van der Waals surface area (Å²) < 4.78 is 0. The van der Waals surface area contributed by atoms with Gasteiger partial charge < -0.3 is 15.3 Å². The van der Waals surface area contributed by atoms with Crippen LogP contribution in [0.4, 0.5) is 5.69 Å². The summed E-state index contributed by atoms with van der Waals surface area (Å²) in [6, 6.07) is 9.08. The lowest BCUT2D eigenvalue weighted by atomic mass is 9.99. The number of nitrogens with zero attached hydrogens (tertiary/aromatic N) is 1. The summed E-state index contributed by atoms with van der Waals surface area (Å²) in [5.41, 5.74) is 2.78. The Labute approximate surface area is 110 Å². The lowest BCUT2D eigenvalue weighted by Gasteiger charge is -2.36.